The Hall–Kier alpha value is -3.09. The van der Waals surface area contributed by atoms with Gasteiger partial charge in [-0.1, -0.05) is 0 Å². The minimum absolute atomic E-state index is 0.155. The highest BCUT2D eigenvalue weighted by Crippen LogP contribution is 2.47. The Balaban J connectivity index is 1.52. The first-order valence-electron chi connectivity index (χ1n) is 7.58. The third-order valence-corrected chi connectivity index (χ3v) is 4.10. The highest BCUT2D eigenvalue weighted by Gasteiger charge is 2.54. The number of benzene rings is 1. The van der Waals surface area contributed by atoms with Crippen molar-refractivity contribution in [3.05, 3.63) is 66.6 Å². The fraction of sp³-hybridized carbons (Fsp3) is 0.176. The lowest BCUT2D eigenvalue weighted by molar-refractivity contribution is -0.118. The van der Waals surface area contributed by atoms with Gasteiger partial charge in [0.1, 0.15) is 17.1 Å². The first-order chi connectivity index (χ1) is 11.7. The molecule has 2 aromatic heterocycles. The van der Waals surface area contributed by atoms with Crippen LogP contribution in [0.1, 0.15) is 18.7 Å². The van der Waals surface area contributed by atoms with Gasteiger partial charge < -0.3 is 5.32 Å². The van der Waals surface area contributed by atoms with E-state index in [-0.39, 0.29) is 11.7 Å². The predicted octanol–water partition coefficient (Wildman–Crippen LogP) is 2.47. The molecule has 7 heteroatoms. The molecule has 0 saturated heterocycles. The van der Waals surface area contributed by atoms with Gasteiger partial charge >= 0.3 is 0 Å². The number of anilines is 1. The minimum atomic E-state index is -0.652. The van der Waals surface area contributed by atoms with E-state index in [0.29, 0.717) is 17.3 Å². The monoisotopic (exact) mass is 323 g/mol. The van der Waals surface area contributed by atoms with Crippen LogP contribution < -0.4 is 5.32 Å². The maximum Gasteiger partial charge on any atom is 0.239 e. The second kappa shape index (κ2) is 5.52. The lowest BCUT2D eigenvalue weighted by Crippen LogP contribution is -2.29. The largest absolute Gasteiger partial charge is 0.308 e. The van der Waals surface area contributed by atoms with Crippen molar-refractivity contribution in [1.29, 1.82) is 0 Å². The summed E-state index contributed by atoms with van der Waals surface area (Å²) in [4.78, 5) is 21.0. The number of hydrogen-bond donors (Lipinski definition) is 1. The van der Waals surface area contributed by atoms with E-state index in [0.717, 1.165) is 12.8 Å². The molecule has 0 spiro atoms. The molecule has 3 aromatic rings. The van der Waals surface area contributed by atoms with Crippen molar-refractivity contribution >= 4 is 11.7 Å². The molecule has 0 bridgehead atoms. The molecular weight excluding hydrogens is 309 g/mol. The van der Waals surface area contributed by atoms with E-state index in [1.165, 1.54) is 12.1 Å². The maximum atomic E-state index is 13.0. The first-order valence-corrected chi connectivity index (χ1v) is 7.58. The van der Waals surface area contributed by atoms with Crippen molar-refractivity contribution in [1.82, 2.24) is 19.7 Å². The fourth-order valence-electron chi connectivity index (χ4n) is 2.59. The number of nitrogens with one attached hydrogen (secondary N) is 1. The van der Waals surface area contributed by atoms with Gasteiger partial charge in [-0.25, -0.2) is 19.0 Å². The van der Waals surface area contributed by atoms with Crippen molar-refractivity contribution < 1.29 is 9.18 Å². The van der Waals surface area contributed by atoms with E-state index in [1.807, 2.05) is 0 Å². The van der Waals surface area contributed by atoms with Crippen LogP contribution in [0.4, 0.5) is 10.2 Å². The standard InChI is InChI=1S/C17H14FN5O/c18-12-2-4-13(5-3-12)23-11-6-14(22-23)21-16(24)17(7-8-17)15-19-9-1-10-20-15/h1-6,9-11H,7-8H2,(H,21,22,24). The molecular formula is C17H14FN5O. The molecule has 0 aliphatic heterocycles. The second-order valence-electron chi connectivity index (χ2n) is 5.73. The molecule has 2 heterocycles. The topological polar surface area (TPSA) is 72.7 Å². The van der Waals surface area contributed by atoms with Crippen molar-refractivity contribution in [2.75, 3.05) is 5.32 Å². The zero-order valence-electron chi connectivity index (χ0n) is 12.7. The van der Waals surface area contributed by atoms with Crippen LogP contribution in [0.5, 0.6) is 0 Å². The van der Waals surface area contributed by atoms with Gasteiger partial charge in [0.25, 0.3) is 0 Å². The van der Waals surface area contributed by atoms with Crippen LogP contribution in [-0.4, -0.2) is 25.7 Å². The SMILES string of the molecule is O=C(Nc1ccn(-c2ccc(F)cc2)n1)C1(c2ncccn2)CC1. The third kappa shape index (κ3) is 2.54. The van der Waals surface area contributed by atoms with Crippen molar-refractivity contribution in [2.45, 2.75) is 18.3 Å². The fourth-order valence-corrected chi connectivity index (χ4v) is 2.59. The number of halogens is 1. The van der Waals surface area contributed by atoms with E-state index >= 15 is 0 Å². The predicted molar refractivity (Wildman–Crippen MR) is 85.1 cm³/mol. The Morgan fingerprint density at radius 3 is 2.50 bits per heavy atom. The molecule has 24 heavy (non-hydrogen) atoms. The van der Waals surface area contributed by atoms with Gasteiger partial charge in [0.2, 0.25) is 5.91 Å². The van der Waals surface area contributed by atoms with E-state index < -0.39 is 5.41 Å². The van der Waals surface area contributed by atoms with Gasteiger partial charge in [0.05, 0.1) is 5.69 Å². The Bertz CT molecular complexity index is 872. The molecule has 1 saturated carbocycles. The number of hydrogen-bond acceptors (Lipinski definition) is 4. The van der Waals surface area contributed by atoms with Crippen LogP contribution in [0, 0.1) is 5.82 Å². The number of nitrogens with zero attached hydrogens (tertiary/aromatic N) is 4. The Morgan fingerprint density at radius 1 is 1.12 bits per heavy atom. The number of amides is 1. The van der Waals surface area contributed by atoms with Gasteiger partial charge in [-0.05, 0) is 43.2 Å². The van der Waals surface area contributed by atoms with Crippen LogP contribution in [0.3, 0.4) is 0 Å². The van der Waals surface area contributed by atoms with E-state index in [4.69, 9.17) is 0 Å². The van der Waals surface area contributed by atoms with Crippen molar-refractivity contribution in [3.8, 4) is 5.69 Å². The first kappa shape index (κ1) is 14.5. The number of carbonyl (C=O) groups excluding carboxylic acids is 1. The summed E-state index contributed by atoms with van der Waals surface area (Å²) in [6.07, 6.45) is 6.43. The Labute approximate surface area is 137 Å². The average Bonchev–Trinajstić information content (AvgIpc) is 3.31. The summed E-state index contributed by atoms with van der Waals surface area (Å²) in [5.74, 6) is 0.517. The van der Waals surface area contributed by atoms with E-state index in [2.05, 4.69) is 20.4 Å². The highest BCUT2D eigenvalue weighted by molar-refractivity contribution is 6.00. The molecule has 0 unspecified atom stereocenters. The molecule has 0 radical (unpaired) electrons. The molecule has 4 rings (SSSR count). The Kier molecular flexibility index (Phi) is 3.34. The lowest BCUT2D eigenvalue weighted by atomic mass is 10.1. The van der Waals surface area contributed by atoms with Gasteiger partial charge in [0.15, 0.2) is 5.82 Å². The summed E-state index contributed by atoms with van der Waals surface area (Å²) >= 11 is 0. The van der Waals surface area contributed by atoms with Crippen molar-refractivity contribution in [3.63, 3.8) is 0 Å². The van der Waals surface area contributed by atoms with Crippen LogP contribution in [0.15, 0.2) is 55.0 Å². The number of rotatable bonds is 4. The van der Waals surface area contributed by atoms with Gasteiger partial charge in [0, 0.05) is 24.7 Å². The van der Waals surface area contributed by atoms with Gasteiger partial charge in [-0.15, -0.1) is 0 Å². The van der Waals surface area contributed by atoms with Gasteiger partial charge in [-0.2, -0.15) is 5.10 Å². The second-order valence-corrected chi connectivity index (χ2v) is 5.73. The Morgan fingerprint density at radius 2 is 1.83 bits per heavy atom. The summed E-state index contributed by atoms with van der Waals surface area (Å²) in [6.45, 7) is 0. The molecule has 1 fully saturated rings. The number of aromatic nitrogens is 4. The summed E-state index contributed by atoms with van der Waals surface area (Å²) in [5.41, 5.74) is 0.0606. The number of carbonyl (C=O) groups is 1. The molecule has 1 aromatic carbocycles. The van der Waals surface area contributed by atoms with E-state index in [1.54, 1.807) is 47.5 Å². The third-order valence-electron chi connectivity index (χ3n) is 4.10. The molecule has 1 aliphatic rings. The molecule has 120 valence electrons. The van der Waals surface area contributed by atoms with Gasteiger partial charge in [-0.3, -0.25) is 4.79 Å². The maximum absolute atomic E-state index is 13.0. The molecule has 1 amide bonds. The van der Waals surface area contributed by atoms with Crippen molar-refractivity contribution in [2.24, 2.45) is 0 Å². The summed E-state index contributed by atoms with van der Waals surface area (Å²) in [5, 5.41) is 7.13. The minimum Gasteiger partial charge on any atom is -0.308 e. The lowest BCUT2D eigenvalue weighted by Gasteiger charge is -2.12. The van der Waals surface area contributed by atoms with Crippen LogP contribution in [0.2, 0.25) is 0 Å². The summed E-state index contributed by atoms with van der Waals surface area (Å²) < 4.78 is 14.6. The quantitative estimate of drug-likeness (QED) is 0.800. The summed E-state index contributed by atoms with van der Waals surface area (Å²) in [6, 6.07) is 9.38. The zero-order chi connectivity index (χ0) is 16.6. The zero-order valence-corrected chi connectivity index (χ0v) is 12.7. The smallest absolute Gasteiger partial charge is 0.239 e. The average molecular weight is 323 g/mol. The molecule has 1 N–H and O–H groups in total. The molecule has 0 atom stereocenters. The van der Waals surface area contributed by atoms with Crippen LogP contribution >= 0.6 is 0 Å². The molecule has 1 aliphatic carbocycles. The van der Waals surface area contributed by atoms with Crippen LogP contribution in [0.25, 0.3) is 5.69 Å². The van der Waals surface area contributed by atoms with Crippen LogP contribution in [-0.2, 0) is 10.2 Å². The summed E-state index contributed by atoms with van der Waals surface area (Å²) in [7, 11) is 0. The van der Waals surface area contributed by atoms with E-state index in [9.17, 15) is 9.18 Å². The highest BCUT2D eigenvalue weighted by atomic mass is 19.1. The molecule has 6 nitrogen and oxygen atoms in total. The normalized spacial score (nSPS) is 15.0.